The van der Waals surface area contributed by atoms with Gasteiger partial charge in [-0.2, -0.15) is 0 Å². The van der Waals surface area contributed by atoms with Crippen LogP contribution in [0, 0.1) is 0 Å². The van der Waals surface area contributed by atoms with Gasteiger partial charge in [-0.05, 0) is 29.8 Å². The van der Waals surface area contributed by atoms with Crippen molar-refractivity contribution in [3.63, 3.8) is 0 Å². The van der Waals surface area contributed by atoms with Crippen LogP contribution < -0.4 is 15.8 Å². The van der Waals surface area contributed by atoms with Gasteiger partial charge in [0.15, 0.2) is 5.84 Å². The van der Waals surface area contributed by atoms with Gasteiger partial charge in [0.2, 0.25) is 0 Å². The van der Waals surface area contributed by atoms with E-state index < -0.39 is 0 Å². The summed E-state index contributed by atoms with van der Waals surface area (Å²) < 4.78 is 5.98. The molecule has 7 heteroatoms. The van der Waals surface area contributed by atoms with Gasteiger partial charge in [0, 0.05) is 18.0 Å². The van der Waals surface area contributed by atoms with Crippen molar-refractivity contribution >= 4 is 28.8 Å². The second-order valence-corrected chi connectivity index (χ2v) is 6.13. The first-order valence-electron chi connectivity index (χ1n) is 6.23. The lowest BCUT2D eigenvalue weighted by Gasteiger charge is -2.10. The van der Waals surface area contributed by atoms with Crippen LogP contribution >= 0.6 is 22.9 Å². The molecule has 0 radical (unpaired) electrons. The molecule has 0 atom stereocenters. The third-order valence-corrected chi connectivity index (χ3v) is 4.14. The molecule has 0 amide bonds. The Balaban J connectivity index is 2.03. The molecule has 0 spiro atoms. The summed E-state index contributed by atoms with van der Waals surface area (Å²) in [5.41, 5.74) is 7.23. The van der Waals surface area contributed by atoms with Crippen molar-refractivity contribution in [3.05, 3.63) is 50.7 Å². The summed E-state index contributed by atoms with van der Waals surface area (Å²) in [6.07, 6.45) is 0. The van der Waals surface area contributed by atoms with Crippen LogP contribution in [0.1, 0.15) is 16.0 Å². The number of nitrogens with two attached hydrogens (primary N) is 1. The van der Waals surface area contributed by atoms with Crippen LogP contribution in [0.2, 0.25) is 4.34 Å². The lowest BCUT2D eigenvalue weighted by molar-refractivity contribution is 0.318. The Bertz CT molecular complexity index is 643. The van der Waals surface area contributed by atoms with Crippen molar-refractivity contribution in [2.75, 3.05) is 7.11 Å². The molecule has 0 aliphatic heterocycles. The molecule has 112 valence electrons. The Hall–Kier alpha value is -1.76. The zero-order chi connectivity index (χ0) is 15.2. The summed E-state index contributed by atoms with van der Waals surface area (Å²) >= 11 is 7.44. The third kappa shape index (κ3) is 4.10. The standard InChI is InChI=1S/C14H16ClN3O2S/c1-20-12-4-2-9(6-11(12)14(16)18-19)7-17-8-10-3-5-13(15)21-10/h2-6,17,19H,7-8H2,1H3,(H2,16,18). The van der Waals surface area contributed by atoms with E-state index in [-0.39, 0.29) is 5.84 Å². The summed E-state index contributed by atoms with van der Waals surface area (Å²) in [6.45, 7) is 1.40. The maximum absolute atomic E-state index is 8.81. The summed E-state index contributed by atoms with van der Waals surface area (Å²) in [4.78, 5) is 1.17. The lowest BCUT2D eigenvalue weighted by Crippen LogP contribution is -2.16. The van der Waals surface area contributed by atoms with Crippen molar-refractivity contribution in [1.82, 2.24) is 5.32 Å². The van der Waals surface area contributed by atoms with Gasteiger partial charge >= 0.3 is 0 Å². The third-order valence-electron chi connectivity index (χ3n) is 2.90. The number of hydrogen-bond acceptors (Lipinski definition) is 5. The van der Waals surface area contributed by atoms with Gasteiger partial charge in [-0.1, -0.05) is 22.8 Å². The highest BCUT2D eigenvalue weighted by Gasteiger charge is 2.09. The molecular weight excluding hydrogens is 310 g/mol. The molecule has 0 aliphatic carbocycles. The van der Waals surface area contributed by atoms with E-state index in [4.69, 9.17) is 27.3 Å². The average molecular weight is 326 g/mol. The molecule has 21 heavy (non-hydrogen) atoms. The fraction of sp³-hybridized carbons (Fsp3) is 0.214. The Morgan fingerprint density at radius 3 is 2.81 bits per heavy atom. The normalized spacial score (nSPS) is 11.6. The molecule has 0 fully saturated rings. The van der Waals surface area contributed by atoms with Crippen LogP contribution in [0.25, 0.3) is 0 Å². The monoisotopic (exact) mass is 325 g/mol. The Morgan fingerprint density at radius 1 is 1.38 bits per heavy atom. The van der Waals surface area contributed by atoms with Gasteiger partial charge in [-0.15, -0.1) is 11.3 Å². The Kier molecular flexibility index (Phi) is 5.44. The van der Waals surface area contributed by atoms with Crippen LogP contribution in [-0.4, -0.2) is 18.2 Å². The minimum Gasteiger partial charge on any atom is -0.496 e. The highest BCUT2D eigenvalue weighted by molar-refractivity contribution is 7.16. The van der Waals surface area contributed by atoms with Gasteiger partial charge in [0.25, 0.3) is 0 Å². The van der Waals surface area contributed by atoms with E-state index in [0.717, 1.165) is 16.4 Å². The molecule has 0 saturated carbocycles. The number of ether oxygens (including phenoxy) is 1. The van der Waals surface area contributed by atoms with E-state index in [2.05, 4.69) is 10.5 Å². The number of thiophene rings is 1. The van der Waals surface area contributed by atoms with Gasteiger partial charge in [0.05, 0.1) is 17.0 Å². The molecule has 2 rings (SSSR count). The quantitative estimate of drug-likeness (QED) is 0.330. The van der Waals surface area contributed by atoms with E-state index in [1.807, 2.05) is 24.3 Å². The number of rotatable bonds is 6. The minimum absolute atomic E-state index is 0.0266. The van der Waals surface area contributed by atoms with Crippen molar-refractivity contribution < 1.29 is 9.94 Å². The van der Waals surface area contributed by atoms with Crippen LogP contribution in [0.4, 0.5) is 0 Å². The van der Waals surface area contributed by atoms with E-state index in [9.17, 15) is 0 Å². The fourth-order valence-electron chi connectivity index (χ4n) is 1.90. The maximum Gasteiger partial charge on any atom is 0.173 e. The van der Waals surface area contributed by atoms with E-state index in [1.165, 1.54) is 4.88 Å². The minimum atomic E-state index is 0.0266. The van der Waals surface area contributed by atoms with Crippen molar-refractivity contribution in [2.24, 2.45) is 10.9 Å². The number of nitrogens with zero attached hydrogens (tertiary/aromatic N) is 1. The first kappa shape index (κ1) is 15.6. The number of oxime groups is 1. The van der Waals surface area contributed by atoms with Crippen molar-refractivity contribution in [3.8, 4) is 5.75 Å². The molecule has 1 aromatic heterocycles. The van der Waals surface area contributed by atoms with E-state index in [0.29, 0.717) is 17.9 Å². The molecule has 0 unspecified atom stereocenters. The summed E-state index contributed by atoms with van der Waals surface area (Å²) in [5, 5.41) is 15.1. The Labute approximate surface area is 132 Å². The number of benzene rings is 1. The Morgan fingerprint density at radius 2 is 2.19 bits per heavy atom. The maximum atomic E-state index is 8.81. The molecular formula is C14H16ClN3O2S. The second-order valence-electron chi connectivity index (χ2n) is 4.33. The lowest BCUT2D eigenvalue weighted by atomic mass is 10.1. The molecule has 1 heterocycles. The largest absolute Gasteiger partial charge is 0.496 e. The highest BCUT2D eigenvalue weighted by Crippen LogP contribution is 2.22. The number of hydrogen-bond donors (Lipinski definition) is 3. The van der Waals surface area contributed by atoms with Crippen molar-refractivity contribution in [1.29, 1.82) is 0 Å². The summed E-state index contributed by atoms with van der Waals surface area (Å²) in [6, 6.07) is 9.44. The van der Waals surface area contributed by atoms with Crippen LogP contribution in [0.5, 0.6) is 5.75 Å². The van der Waals surface area contributed by atoms with Gasteiger partial charge in [0.1, 0.15) is 5.75 Å². The first-order chi connectivity index (χ1) is 10.1. The smallest absolute Gasteiger partial charge is 0.173 e. The molecule has 0 aliphatic rings. The van der Waals surface area contributed by atoms with Gasteiger partial charge in [-0.25, -0.2) is 0 Å². The zero-order valence-corrected chi connectivity index (χ0v) is 13.0. The highest BCUT2D eigenvalue weighted by atomic mass is 35.5. The van der Waals surface area contributed by atoms with Crippen LogP contribution in [0.3, 0.4) is 0 Å². The van der Waals surface area contributed by atoms with E-state index in [1.54, 1.807) is 24.5 Å². The van der Waals surface area contributed by atoms with E-state index >= 15 is 0 Å². The molecule has 0 saturated heterocycles. The number of amidine groups is 1. The molecule has 0 bridgehead atoms. The number of nitrogens with one attached hydrogen (secondary N) is 1. The number of methoxy groups -OCH3 is 1. The summed E-state index contributed by atoms with van der Waals surface area (Å²) in [7, 11) is 1.54. The average Bonchev–Trinajstić information content (AvgIpc) is 2.91. The predicted octanol–water partition coefficient (Wildman–Crippen LogP) is 2.79. The molecule has 1 aromatic carbocycles. The molecule has 2 aromatic rings. The zero-order valence-electron chi connectivity index (χ0n) is 11.5. The van der Waals surface area contributed by atoms with Crippen LogP contribution in [-0.2, 0) is 13.1 Å². The molecule has 5 nitrogen and oxygen atoms in total. The topological polar surface area (TPSA) is 79.9 Å². The summed E-state index contributed by atoms with van der Waals surface area (Å²) in [5.74, 6) is 0.595. The predicted molar refractivity (Wildman–Crippen MR) is 85.4 cm³/mol. The van der Waals surface area contributed by atoms with Crippen molar-refractivity contribution in [2.45, 2.75) is 13.1 Å². The first-order valence-corrected chi connectivity index (χ1v) is 7.43. The van der Waals surface area contributed by atoms with Gasteiger partial charge < -0.3 is 21.0 Å². The second kappa shape index (κ2) is 7.31. The fourth-order valence-corrected chi connectivity index (χ4v) is 2.95. The molecule has 4 N–H and O–H groups in total. The van der Waals surface area contributed by atoms with Gasteiger partial charge in [-0.3, -0.25) is 0 Å². The van der Waals surface area contributed by atoms with Crippen LogP contribution in [0.15, 0.2) is 35.5 Å². The SMILES string of the molecule is COc1ccc(CNCc2ccc(Cl)s2)cc1C(N)=NO. The number of halogens is 1.